The van der Waals surface area contributed by atoms with Crippen molar-refractivity contribution in [2.75, 3.05) is 0 Å². The topological polar surface area (TPSA) is 25.8 Å². The third-order valence-electron chi connectivity index (χ3n) is 6.26. The number of nitrogens with zero attached hydrogens (tertiary/aromatic N) is 2. The number of hydrogen-bond acceptors (Lipinski definition) is 2. The van der Waals surface area contributed by atoms with E-state index in [0.717, 1.165) is 22.7 Å². The summed E-state index contributed by atoms with van der Waals surface area (Å²) in [6.07, 6.45) is 6.90. The molecule has 0 unspecified atom stereocenters. The lowest BCUT2D eigenvalue weighted by Gasteiger charge is -2.27. The first kappa shape index (κ1) is 16.0. The second-order valence-corrected chi connectivity index (χ2v) is 8.16. The minimum absolute atomic E-state index is 0.446. The molecule has 2 nitrogen and oxygen atoms in total. The summed E-state index contributed by atoms with van der Waals surface area (Å²) in [4.78, 5) is 9.15. The molecule has 0 radical (unpaired) electrons. The Bertz CT molecular complexity index is 926. The Morgan fingerprint density at radius 3 is 2.23 bits per heavy atom. The molecule has 2 aliphatic carbocycles. The van der Waals surface area contributed by atoms with Gasteiger partial charge in [-0.05, 0) is 49.0 Å². The van der Waals surface area contributed by atoms with E-state index in [2.05, 4.69) is 29.2 Å². The van der Waals surface area contributed by atoms with E-state index in [1.54, 1.807) is 0 Å². The number of fused-ring (bicyclic) bond motifs is 2. The van der Waals surface area contributed by atoms with Crippen LogP contribution in [0.2, 0.25) is 5.15 Å². The van der Waals surface area contributed by atoms with Crippen LogP contribution in [0, 0.1) is 5.92 Å². The Labute approximate surface area is 159 Å². The van der Waals surface area contributed by atoms with Gasteiger partial charge in [-0.15, -0.1) is 0 Å². The summed E-state index contributed by atoms with van der Waals surface area (Å²) in [5, 5.41) is 0.478. The molecule has 0 amide bonds. The molecule has 26 heavy (non-hydrogen) atoms. The predicted octanol–water partition coefficient (Wildman–Crippen LogP) is 6.30. The van der Waals surface area contributed by atoms with Gasteiger partial charge < -0.3 is 0 Å². The van der Waals surface area contributed by atoms with Gasteiger partial charge in [0.15, 0.2) is 5.82 Å². The molecule has 2 aromatic carbocycles. The van der Waals surface area contributed by atoms with Crippen LogP contribution in [0.5, 0.6) is 0 Å². The zero-order chi connectivity index (χ0) is 17.6. The van der Waals surface area contributed by atoms with E-state index in [-0.39, 0.29) is 0 Å². The zero-order valence-corrected chi connectivity index (χ0v) is 15.4. The van der Waals surface area contributed by atoms with Gasteiger partial charge in [-0.25, -0.2) is 9.97 Å². The summed E-state index contributed by atoms with van der Waals surface area (Å²) in [5.41, 5.74) is 4.91. The lowest BCUT2D eigenvalue weighted by Crippen LogP contribution is -2.19. The fraction of sp³-hybridized carbons (Fsp3) is 0.304. The van der Waals surface area contributed by atoms with Gasteiger partial charge in [0, 0.05) is 17.2 Å². The quantitative estimate of drug-likeness (QED) is 0.512. The van der Waals surface area contributed by atoms with E-state index >= 15 is 0 Å². The van der Waals surface area contributed by atoms with Crippen molar-refractivity contribution in [2.24, 2.45) is 5.92 Å². The maximum absolute atomic E-state index is 6.28. The lowest BCUT2D eigenvalue weighted by atomic mass is 9.77. The molecule has 0 saturated heterocycles. The first-order valence-corrected chi connectivity index (χ1v) is 9.81. The fourth-order valence-electron chi connectivity index (χ4n) is 4.87. The Morgan fingerprint density at radius 1 is 0.846 bits per heavy atom. The van der Waals surface area contributed by atoms with Crippen molar-refractivity contribution in [1.82, 2.24) is 9.97 Å². The van der Waals surface area contributed by atoms with Crippen LogP contribution in [0.1, 0.15) is 37.7 Å². The van der Waals surface area contributed by atoms with Crippen LogP contribution in [0.3, 0.4) is 0 Å². The normalized spacial score (nSPS) is 24.1. The first-order chi connectivity index (χ1) is 12.7. The highest BCUT2D eigenvalue weighted by Gasteiger charge is 2.45. The van der Waals surface area contributed by atoms with Crippen molar-refractivity contribution in [1.29, 1.82) is 0 Å². The molecule has 2 bridgehead atoms. The summed E-state index contributed by atoms with van der Waals surface area (Å²) >= 11 is 6.28. The van der Waals surface area contributed by atoms with Crippen molar-refractivity contribution in [2.45, 2.75) is 37.5 Å². The van der Waals surface area contributed by atoms with E-state index in [4.69, 9.17) is 16.6 Å². The van der Waals surface area contributed by atoms with E-state index < -0.39 is 0 Å². The van der Waals surface area contributed by atoms with Crippen LogP contribution in [0.25, 0.3) is 22.6 Å². The molecule has 0 aliphatic heterocycles. The van der Waals surface area contributed by atoms with Crippen LogP contribution in [-0.2, 0) is 5.41 Å². The molecule has 2 aliphatic rings. The first-order valence-electron chi connectivity index (χ1n) is 9.43. The third-order valence-corrected chi connectivity index (χ3v) is 6.46. The molecule has 1 heterocycles. The van der Waals surface area contributed by atoms with Gasteiger partial charge in [0.05, 0.1) is 5.69 Å². The number of aromatic nitrogens is 2. The summed E-state index contributed by atoms with van der Waals surface area (Å²) in [6.45, 7) is 0. The number of halogens is 1. The van der Waals surface area contributed by atoms with E-state index in [0.29, 0.717) is 16.4 Å². The zero-order valence-electron chi connectivity index (χ0n) is 14.7. The monoisotopic (exact) mass is 360 g/mol. The number of benzene rings is 2. The molecule has 0 atom stereocenters. The van der Waals surface area contributed by atoms with Gasteiger partial charge in [-0.2, -0.15) is 0 Å². The summed E-state index contributed by atoms with van der Waals surface area (Å²) in [5.74, 6) is 1.63. The number of rotatable bonds is 3. The summed E-state index contributed by atoms with van der Waals surface area (Å²) < 4.78 is 0. The average Bonchev–Trinajstić information content (AvgIpc) is 3.31. The Kier molecular flexibility index (Phi) is 3.82. The minimum atomic E-state index is 0.446. The second-order valence-electron chi connectivity index (χ2n) is 7.77. The average molecular weight is 361 g/mol. The molecule has 5 rings (SSSR count). The molecule has 2 saturated carbocycles. The van der Waals surface area contributed by atoms with Gasteiger partial charge in [-0.3, -0.25) is 0 Å². The van der Waals surface area contributed by atoms with E-state index in [1.807, 2.05) is 36.4 Å². The van der Waals surface area contributed by atoms with Crippen LogP contribution >= 0.6 is 11.6 Å². The van der Waals surface area contributed by atoms with Crippen molar-refractivity contribution < 1.29 is 0 Å². The molecule has 1 aromatic heterocycles. The largest absolute Gasteiger partial charge is 0.228 e. The maximum Gasteiger partial charge on any atom is 0.161 e. The molecular formula is C23H21ClN2. The molecule has 3 aromatic rings. The summed E-state index contributed by atoms with van der Waals surface area (Å²) in [6, 6.07) is 20.8. The van der Waals surface area contributed by atoms with Gasteiger partial charge in [0.25, 0.3) is 0 Å². The van der Waals surface area contributed by atoms with Gasteiger partial charge in [-0.1, -0.05) is 66.2 Å². The third kappa shape index (κ3) is 2.73. The van der Waals surface area contributed by atoms with Crippen LogP contribution in [0.4, 0.5) is 0 Å². The molecule has 0 N–H and O–H groups in total. The van der Waals surface area contributed by atoms with Crippen molar-refractivity contribution in [3.05, 3.63) is 71.4 Å². The van der Waals surface area contributed by atoms with Crippen molar-refractivity contribution in [3.8, 4) is 22.6 Å². The van der Waals surface area contributed by atoms with Crippen molar-refractivity contribution in [3.63, 3.8) is 0 Å². The van der Waals surface area contributed by atoms with Gasteiger partial charge in [0.2, 0.25) is 0 Å². The standard InChI is InChI=1S/C23H21ClN2/c24-21-14-20(25-22(26-21)18-4-2-1-3-5-18)17-6-8-19(9-7-17)23-12-10-16(15-23)11-13-23/h1-9,14,16H,10-13,15H2. The second kappa shape index (κ2) is 6.21. The van der Waals surface area contributed by atoms with Gasteiger partial charge in [0.1, 0.15) is 5.15 Å². The highest BCUT2D eigenvalue weighted by molar-refractivity contribution is 6.29. The predicted molar refractivity (Wildman–Crippen MR) is 106 cm³/mol. The lowest BCUT2D eigenvalue weighted by molar-refractivity contribution is 0.419. The van der Waals surface area contributed by atoms with E-state index in [1.165, 1.54) is 37.7 Å². The smallest absolute Gasteiger partial charge is 0.161 e. The van der Waals surface area contributed by atoms with Gasteiger partial charge >= 0.3 is 0 Å². The molecule has 2 fully saturated rings. The Balaban J connectivity index is 1.49. The van der Waals surface area contributed by atoms with Crippen molar-refractivity contribution >= 4 is 11.6 Å². The molecule has 130 valence electrons. The number of hydrogen-bond donors (Lipinski definition) is 0. The highest BCUT2D eigenvalue weighted by atomic mass is 35.5. The Hall–Kier alpha value is -2.19. The van der Waals surface area contributed by atoms with Crippen LogP contribution < -0.4 is 0 Å². The summed E-state index contributed by atoms with van der Waals surface area (Å²) in [7, 11) is 0. The van der Waals surface area contributed by atoms with Crippen LogP contribution in [0.15, 0.2) is 60.7 Å². The minimum Gasteiger partial charge on any atom is -0.228 e. The Morgan fingerprint density at radius 2 is 1.58 bits per heavy atom. The van der Waals surface area contributed by atoms with E-state index in [9.17, 15) is 0 Å². The molecular weight excluding hydrogens is 340 g/mol. The van der Waals surface area contributed by atoms with Crippen LogP contribution in [-0.4, -0.2) is 9.97 Å². The molecule has 3 heteroatoms. The molecule has 0 spiro atoms. The highest BCUT2D eigenvalue weighted by Crippen LogP contribution is 2.55. The fourth-order valence-corrected chi connectivity index (χ4v) is 5.06. The SMILES string of the molecule is Clc1cc(-c2ccc(C34CCC(CC3)C4)cc2)nc(-c2ccccc2)n1. The maximum atomic E-state index is 6.28.